The van der Waals surface area contributed by atoms with Crippen LogP contribution in [0.5, 0.6) is 0 Å². The van der Waals surface area contributed by atoms with Crippen molar-refractivity contribution in [3.05, 3.63) is 60.6 Å². The van der Waals surface area contributed by atoms with Crippen LogP contribution in [0.2, 0.25) is 0 Å². The van der Waals surface area contributed by atoms with Gasteiger partial charge in [0.1, 0.15) is 18.4 Å². The van der Waals surface area contributed by atoms with Gasteiger partial charge in [-0.15, -0.1) is 10.2 Å². The summed E-state index contributed by atoms with van der Waals surface area (Å²) in [6, 6.07) is 9.74. The summed E-state index contributed by atoms with van der Waals surface area (Å²) in [5.74, 6) is 0.472. The normalized spacial score (nSPS) is 12.8. The summed E-state index contributed by atoms with van der Waals surface area (Å²) in [5.41, 5.74) is -0.616. The maximum Gasteiger partial charge on any atom is 0.416 e. The fourth-order valence-corrected chi connectivity index (χ4v) is 2.98. The molecule has 2 N–H and O–H groups in total. The minimum absolute atomic E-state index is 0.141. The summed E-state index contributed by atoms with van der Waals surface area (Å²) in [5, 5.41) is 18.6. The highest BCUT2D eigenvalue weighted by Crippen LogP contribution is 2.34. The summed E-state index contributed by atoms with van der Waals surface area (Å²) in [7, 11) is 0. The second kappa shape index (κ2) is 7.75. The van der Waals surface area contributed by atoms with Crippen molar-refractivity contribution in [1.82, 2.24) is 20.2 Å². The van der Waals surface area contributed by atoms with Gasteiger partial charge in [0, 0.05) is 17.6 Å². The summed E-state index contributed by atoms with van der Waals surface area (Å²) < 4.78 is 39.1. The van der Waals surface area contributed by atoms with Gasteiger partial charge in [-0.2, -0.15) is 13.2 Å². The number of halogens is 3. The summed E-state index contributed by atoms with van der Waals surface area (Å²) in [4.78, 5) is 8.29. The van der Waals surface area contributed by atoms with E-state index in [1.807, 2.05) is 0 Å². The molecule has 0 fully saturated rings. The molecule has 0 radical (unpaired) electrons. The predicted molar refractivity (Wildman–Crippen MR) is 90.9 cm³/mol. The lowest BCUT2D eigenvalue weighted by molar-refractivity contribution is -0.137. The van der Waals surface area contributed by atoms with Crippen molar-refractivity contribution in [2.45, 2.75) is 17.6 Å². The first-order chi connectivity index (χ1) is 12.4. The van der Waals surface area contributed by atoms with E-state index < -0.39 is 18.0 Å². The number of nitrogens with one attached hydrogen (secondary N) is 1. The second-order valence-electron chi connectivity index (χ2n) is 5.19. The number of hydrogen-bond donors (Lipinski definition) is 2. The van der Waals surface area contributed by atoms with Crippen LogP contribution in [0.15, 0.2) is 60.1 Å². The number of anilines is 2. The molecule has 6 nitrogen and oxygen atoms in total. The minimum atomic E-state index is -4.48. The molecule has 0 aliphatic carbocycles. The van der Waals surface area contributed by atoms with Gasteiger partial charge in [-0.05, 0) is 30.3 Å². The lowest BCUT2D eigenvalue weighted by atomic mass is 10.1. The van der Waals surface area contributed by atoms with Crippen LogP contribution in [0.3, 0.4) is 0 Å². The minimum Gasteiger partial charge on any atom is -0.372 e. The molecule has 10 heteroatoms. The molecule has 0 bridgehead atoms. The van der Waals surface area contributed by atoms with Gasteiger partial charge < -0.3 is 10.1 Å². The first kappa shape index (κ1) is 18.2. The highest BCUT2D eigenvalue weighted by Gasteiger charge is 2.31. The second-order valence-corrected chi connectivity index (χ2v) is 6.20. The van der Waals surface area contributed by atoms with Crippen LogP contribution in [-0.4, -0.2) is 37.3 Å². The quantitative estimate of drug-likeness (QED) is 0.503. The number of nitrogens with zero attached hydrogens (tertiary/aromatic N) is 4. The van der Waals surface area contributed by atoms with E-state index in [2.05, 4.69) is 20.2 Å². The van der Waals surface area contributed by atoms with Crippen molar-refractivity contribution in [2.24, 2.45) is 0 Å². The molecule has 136 valence electrons. The van der Waals surface area contributed by atoms with Crippen molar-refractivity contribution in [2.75, 3.05) is 10.7 Å². The van der Waals surface area contributed by atoms with Gasteiger partial charge in [-0.3, -0.25) is 4.90 Å². The zero-order valence-corrected chi connectivity index (χ0v) is 14.1. The molecule has 1 atom stereocenters. The van der Waals surface area contributed by atoms with Gasteiger partial charge in [-0.25, -0.2) is 4.98 Å². The van der Waals surface area contributed by atoms with E-state index in [0.717, 1.165) is 12.1 Å². The Labute approximate surface area is 151 Å². The van der Waals surface area contributed by atoms with Gasteiger partial charge in [0.15, 0.2) is 5.16 Å². The van der Waals surface area contributed by atoms with Crippen molar-refractivity contribution in [1.29, 1.82) is 0 Å². The highest BCUT2D eigenvalue weighted by atomic mass is 32.2. The fourth-order valence-electron chi connectivity index (χ4n) is 2.28. The van der Waals surface area contributed by atoms with E-state index in [1.54, 1.807) is 18.2 Å². The Kier molecular flexibility index (Phi) is 5.43. The van der Waals surface area contributed by atoms with E-state index in [-0.39, 0.29) is 11.4 Å². The van der Waals surface area contributed by atoms with Crippen LogP contribution in [0.1, 0.15) is 5.56 Å². The molecule has 0 amide bonds. The van der Waals surface area contributed by atoms with E-state index in [1.165, 1.54) is 41.3 Å². The standard InChI is InChI=1S/C16H14F3N5OS/c17-16(18,19)11-4-3-5-12(8-11)24(13-6-1-2-7-20-13)14(25)9-26-15-21-10-22-23-15/h1-8,10,14,25H,9H2,(H,21,22,23). The lowest BCUT2D eigenvalue weighted by Crippen LogP contribution is -2.33. The Hall–Kier alpha value is -2.59. The van der Waals surface area contributed by atoms with Gasteiger partial charge in [0.05, 0.1) is 5.56 Å². The molecule has 0 saturated heterocycles. The van der Waals surface area contributed by atoms with Crippen molar-refractivity contribution in [3.8, 4) is 0 Å². The lowest BCUT2D eigenvalue weighted by Gasteiger charge is -2.29. The summed E-state index contributed by atoms with van der Waals surface area (Å²) in [6.45, 7) is 0. The molecule has 2 aromatic heterocycles. The maximum atomic E-state index is 13.0. The smallest absolute Gasteiger partial charge is 0.372 e. The zero-order valence-electron chi connectivity index (χ0n) is 13.3. The Morgan fingerprint density at radius 2 is 2.04 bits per heavy atom. The third kappa shape index (κ3) is 4.33. The van der Waals surface area contributed by atoms with Crippen LogP contribution in [-0.2, 0) is 6.18 Å². The first-order valence-corrected chi connectivity index (χ1v) is 8.48. The van der Waals surface area contributed by atoms with Crippen LogP contribution >= 0.6 is 11.8 Å². The first-order valence-electron chi connectivity index (χ1n) is 7.49. The Bertz CT molecular complexity index is 829. The van der Waals surface area contributed by atoms with Gasteiger partial charge >= 0.3 is 6.18 Å². The molecule has 1 aromatic carbocycles. The molecule has 26 heavy (non-hydrogen) atoms. The molecule has 0 saturated carbocycles. The summed E-state index contributed by atoms with van der Waals surface area (Å²) >= 11 is 1.19. The van der Waals surface area contributed by atoms with Crippen LogP contribution < -0.4 is 4.90 Å². The molecule has 2 heterocycles. The number of aliphatic hydroxyl groups excluding tert-OH is 1. The molecular formula is C16H14F3N5OS. The number of H-pyrrole nitrogens is 1. The molecule has 0 spiro atoms. The average molecular weight is 381 g/mol. The monoisotopic (exact) mass is 381 g/mol. The van der Waals surface area contributed by atoms with E-state index in [4.69, 9.17) is 0 Å². The Balaban J connectivity index is 1.91. The summed E-state index contributed by atoms with van der Waals surface area (Å²) in [6.07, 6.45) is -2.71. The molecule has 0 aliphatic rings. The van der Waals surface area contributed by atoms with Crippen LogP contribution in [0.25, 0.3) is 0 Å². The SMILES string of the molecule is OC(CSc1nnc[nH]1)N(c1cccc(C(F)(F)F)c1)c1ccccn1. The topological polar surface area (TPSA) is 77.9 Å². The zero-order chi connectivity index (χ0) is 18.6. The van der Waals surface area contributed by atoms with Crippen molar-refractivity contribution < 1.29 is 18.3 Å². The molecular weight excluding hydrogens is 367 g/mol. The van der Waals surface area contributed by atoms with Crippen LogP contribution in [0.4, 0.5) is 24.7 Å². The number of rotatable bonds is 6. The number of benzene rings is 1. The molecule has 3 aromatic rings. The van der Waals surface area contributed by atoms with Crippen molar-refractivity contribution in [3.63, 3.8) is 0 Å². The third-order valence-corrected chi connectivity index (χ3v) is 4.35. The number of hydrogen-bond acceptors (Lipinski definition) is 6. The van der Waals surface area contributed by atoms with E-state index in [0.29, 0.717) is 11.0 Å². The number of aromatic amines is 1. The fraction of sp³-hybridized carbons (Fsp3) is 0.188. The Morgan fingerprint density at radius 3 is 2.69 bits per heavy atom. The predicted octanol–water partition coefficient (Wildman–Crippen LogP) is 3.47. The van der Waals surface area contributed by atoms with Gasteiger partial charge in [0.25, 0.3) is 0 Å². The number of pyridine rings is 1. The highest BCUT2D eigenvalue weighted by molar-refractivity contribution is 7.99. The maximum absolute atomic E-state index is 13.0. The molecule has 1 unspecified atom stereocenters. The number of aliphatic hydroxyl groups is 1. The number of aromatic nitrogens is 4. The largest absolute Gasteiger partial charge is 0.416 e. The Morgan fingerprint density at radius 1 is 1.19 bits per heavy atom. The van der Waals surface area contributed by atoms with E-state index >= 15 is 0 Å². The van der Waals surface area contributed by atoms with Crippen LogP contribution in [0, 0.1) is 0 Å². The number of thioether (sulfide) groups is 1. The van der Waals surface area contributed by atoms with Crippen molar-refractivity contribution >= 4 is 23.3 Å². The average Bonchev–Trinajstić information content (AvgIpc) is 3.14. The third-order valence-electron chi connectivity index (χ3n) is 3.41. The molecule has 0 aliphatic heterocycles. The van der Waals surface area contributed by atoms with Gasteiger partial charge in [-0.1, -0.05) is 23.9 Å². The van der Waals surface area contributed by atoms with Gasteiger partial charge in [0.2, 0.25) is 0 Å². The number of alkyl halides is 3. The van der Waals surface area contributed by atoms with E-state index in [9.17, 15) is 18.3 Å². The molecule has 3 rings (SSSR count).